The molecule has 4 heteroatoms. The molecule has 0 atom stereocenters. The Kier molecular flexibility index (Phi) is 2.18. The third kappa shape index (κ3) is 2.26. The lowest BCUT2D eigenvalue weighted by Crippen LogP contribution is -2.25. The highest BCUT2D eigenvalue weighted by Gasteiger charge is 2.39. The van der Waals surface area contributed by atoms with Gasteiger partial charge in [0.05, 0.1) is 5.57 Å². The molecule has 0 aromatic heterocycles. The predicted octanol–water partition coefficient (Wildman–Crippen LogP) is 2.75. The van der Waals surface area contributed by atoms with Crippen molar-refractivity contribution in [1.29, 1.82) is 0 Å². The Balaban J connectivity index is 3.03. The van der Waals surface area contributed by atoms with E-state index in [2.05, 4.69) is 0 Å². The lowest BCUT2D eigenvalue weighted by Gasteiger charge is -2.27. The van der Waals surface area contributed by atoms with Crippen molar-refractivity contribution in [2.75, 3.05) is 0 Å². The van der Waals surface area contributed by atoms with E-state index < -0.39 is 17.2 Å². The van der Waals surface area contributed by atoms with Crippen LogP contribution in [0.5, 0.6) is 0 Å². The van der Waals surface area contributed by atoms with Gasteiger partial charge in [-0.1, -0.05) is 19.9 Å². The van der Waals surface area contributed by atoms with E-state index in [0.29, 0.717) is 0 Å². The van der Waals surface area contributed by atoms with Crippen molar-refractivity contribution in [2.24, 2.45) is 11.1 Å². The van der Waals surface area contributed by atoms with Gasteiger partial charge in [0.15, 0.2) is 0 Å². The fourth-order valence-corrected chi connectivity index (χ4v) is 1.30. The van der Waals surface area contributed by atoms with Gasteiger partial charge >= 0.3 is 6.18 Å². The molecule has 1 nitrogen and oxygen atoms in total. The summed E-state index contributed by atoms with van der Waals surface area (Å²) in [5.41, 5.74) is 4.04. The minimum atomic E-state index is -4.30. The first-order chi connectivity index (χ1) is 5.72. The monoisotopic (exact) mass is 191 g/mol. The molecular formula is C9H12F3N. The van der Waals surface area contributed by atoms with Gasteiger partial charge in [-0.2, -0.15) is 13.2 Å². The van der Waals surface area contributed by atoms with Crippen molar-refractivity contribution in [3.8, 4) is 0 Å². The van der Waals surface area contributed by atoms with Gasteiger partial charge in [-0.05, 0) is 17.9 Å². The summed E-state index contributed by atoms with van der Waals surface area (Å²) in [6.45, 7) is 3.50. The fourth-order valence-electron chi connectivity index (χ4n) is 1.30. The Hall–Kier alpha value is -0.930. The van der Waals surface area contributed by atoms with E-state index in [0.717, 1.165) is 0 Å². The molecule has 0 fully saturated rings. The van der Waals surface area contributed by atoms with Crippen LogP contribution in [-0.2, 0) is 0 Å². The Bertz CT molecular complexity index is 271. The molecule has 0 heterocycles. The molecule has 1 aliphatic carbocycles. The Labute approximate surface area is 75.1 Å². The lowest BCUT2D eigenvalue weighted by atomic mass is 9.81. The second-order valence-electron chi connectivity index (χ2n) is 3.93. The van der Waals surface area contributed by atoms with Gasteiger partial charge in [0, 0.05) is 5.70 Å². The Morgan fingerprint density at radius 2 is 1.92 bits per heavy atom. The molecule has 1 rings (SSSR count). The average Bonchev–Trinajstić information content (AvgIpc) is 1.92. The van der Waals surface area contributed by atoms with Gasteiger partial charge < -0.3 is 5.73 Å². The normalized spacial score (nSPS) is 22.2. The SMILES string of the molecule is CC1(C)C=CC(N)=C(C(F)(F)F)C1. The molecule has 0 unspecified atom stereocenters. The van der Waals surface area contributed by atoms with Gasteiger partial charge in [-0.15, -0.1) is 0 Å². The van der Waals surface area contributed by atoms with Crippen molar-refractivity contribution in [2.45, 2.75) is 26.4 Å². The molecular weight excluding hydrogens is 179 g/mol. The van der Waals surface area contributed by atoms with Crippen LogP contribution < -0.4 is 5.73 Å². The van der Waals surface area contributed by atoms with Gasteiger partial charge in [0.25, 0.3) is 0 Å². The largest absolute Gasteiger partial charge is 0.414 e. The molecule has 0 saturated heterocycles. The highest BCUT2D eigenvalue weighted by molar-refractivity contribution is 5.32. The predicted molar refractivity (Wildman–Crippen MR) is 44.8 cm³/mol. The van der Waals surface area contributed by atoms with Gasteiger partial charge in [0.1, 0.15) is 0 Å². The highest BCUT2D eigenvalue weighted by atomic mass is 19.4. The maximum absolute atomic E-state index is 12.4. The van der Waals surface area contributed by atoms with E-state index in [-0.39, 0.29) is 12.1 Å². The number of hydrogen-bond acceptors (Lipinski definition) is 1. The topological polar surface area (TPSA) is 26.0 Å². The molecule has 0 aromatic carbocycles. The smallest absolute Gasteiger partial charge is 0.399 e. The molecule has 0 amide bonds. The number of rotatable bonds is 0. The maximum Gasteiger partial charge on any atom is 0.414 e. The highest BCUT2D eigenvalue weighted by Crippen LogP contribution is 2.40. The zero-order valence-electron chi connectivity index (χ0n) is 7.57. The van der Waals surface area contributed by atoms with Crippen LogP contribution in [0, 0.1) is 5.41 Å². The summed E-state index contributed by atoms with van der Waals surface area (Å²) in [5, 5.41) is 0. The third-order valence-electron chi connectivity index (χ3n) is 2.04. The Morgan fingerprint density at radius 3 is 2.31 bits per heavy atom. The van der Waals surface area contributed by atoms with Crippen LogP contribution in [0.4, 0.5) is 13.2 Å². The van der Waals surface area contributed by atoms with E-state index in [4.69, 9.17) is 5.73 Å². The molecule has 0 saturated carbocycles. The molecule has 2 N–H and O–H groups in total. The second kappa shape index (κ2) is 2.79. The molecule has 0 radical (unpaired) electrons. The van der Waals surface area contributed by atoms with E-state index in [1.165, 1.54) is 6.08 Å². The van der Waals surface area contributed by atoms with Crippen molar-refractivity contribution in [1.82, 2.24) is 0 Å². The van der Waals surface area contributed by atoms with Gasteiger partial charge in [-0.3, -0.25) is 0 Å². The molecule has 1 aliphatic rings. The molecule has 0 aromatic rings. The minimum absolute atomic E-state index is 0.0428. The number of hydrogen-bond donors (Lipinski definition) is 1. The van der Waals surface area contributed by atoms with E-state index in [1.54, 1.807) is 19.9 Å². The van der Waals surface area contributed by atoms with Crippen molar-refractivity contribution < 1.29 is 13.2 Å². The second-order valence-corrected chi connectivity index (χ2v) is 3.93. The van der Waals surface area contributed by atoms with Gasteiger partial charge in [0.2, 0.25) is 0 Å². The van der Waals surface area contributed by atoms with Crippen LogP contribution in [0.2, 0.25) is 0 Å². The van der Waals surface area contributed by atoms with Crippen molar-refractivity contribution in [3.05, 3.63) is 23.4 Å². The Morgan fingerprint density at radius 1 is 1.38 bits per heavy atom. The van der Waals surface area contributed by atoms with Crippen LogP contribution in [0.15, 0.2) is 23.4 Å². The van der Waals surface area contributed by atoms with Crippen LogP contribution in [0.25, 0.3) is 0 Å². The number of nitrogens with two attached hydrogens (primary N) is 1. The zero-order valence-corrected chi connectivity index (χ0v) is 7.57. The van der Waals surface area contributed by atoms with E-state index in [9.17, 15) is 13.2 Å². The van der Waals surface area contributed by atoms with Crippen LogP contribution in [-0.4, -0.2) is 6.18 Å². The maximum atomic E-state index is 12.4. The zero-order chi connectivity index (χ0) is 10.3. The molecule has 0 aliphatic heterocycles. The summed E-state index contributed by atoms with van der Waals surface area (Å²) in [5.74, 6) is 0. The van der Waals surface area contributed by atoms with E-state index >= 15 is 0 Å². The van der Waals surface area contributed by atoms with Crippen molar-refractivity contribution >= 4 is 0 Å². The molecule has 13 heavy (non-hydrogen) atoms. The molecule has 74 valence electrons. The van der Waals surface area contributed by atoms with Crippen LogP contribution >= 0.6 is 0 Å². The lowest BCUT2D eigenvalue weighted by molar-refractivity contribution is -0.0971. The quantitative estimate of drug-likeness (QED) is 0.626. The number of allylic oxidation sites excluding steroid dienone is 3. The summed E-state index contributed by atoms with van der Waals surface area (Å²) >= 11 is 0. The van der Waals surface area contributed by atoms with Crippen molar-refractivity contribution in [3.63, 3.8) is 0 Å². The van der Waals surface area contributed by atoms with Crippen LogP contribution in [0.1, 0.15) is 20.3 Å². The van der Waals surface area contributed by atoms with E-state index in [1.807, 2.05) is 0 Å². The standard InChI is InChI=1S/C9H12F3N/c1-8(2)4-3-7(13)6(5-8)9(10,11)12/h3-4H,5,13H2,1-2H3. The first-order valence-electron chi connectivity index (χ1n) is 3.97. The summed E-state index contributed by atoms with van der Waals surface area (Å²) in [6, 6.07) is 0. The fraction of sp³-hybridized carbons (Fsp3) is 0.556. The number of alkyl halides is 3. The number of halogens is 3. The first-order valence-corrected chi connectivity index (χ1v) is 3.97. The summed E-state index contributed by atoms with van der Waals surface area (Å²) in [6.07, 6.45) is -1.30. The average molecular weight is 191 g/mol. The summed E-state index contributed by atoms with van der Waals surface area (Å²) in [7, 11) is 0. The molecule has 0 bridgehead atoms. The van der Waals surface area contributed by atoms with Crippen LogP contribution in [0.3, 0.4) is 0 Å². The van der Waals surface area contributed by atoms with Gasteiger partial charge in [-0.25, -0.2) is 0 Å². The molecule has 0 spiro atoms. The minimum Gasteiger partial charge on any atom is -0.399 e. The summed E-state index contributed by atoms with van der Waals surface area (Å²) in [4.78, 5) is 0. The third-order valence-corrected chi connectivity index (χ3v) is 2.04. The summed E-state index contributed by atoms with van der Waals surface area (Å²) < 4.78 is 37.1. The first kappa shape index (κ1) is 10.2.